The maximum absolute atomic E-state index is 4.31. The van der Waals surface area contributed by atoms with E-state index in [0.717, 1.165) is 23.8 Å². The van der Waals surface area contributed by atoms with Crippen LogP contribution in [0.15, 0.2) is 48.9 Å². The zero-order chi connectivity index (χ0) is 11.5. The second kappa shape index (κ2) is 4.25. The number of aromatic nitrogens is 4. The van der Waals surface area contributed by atoms with Crippen molar-refractivity contribution in [2.24, 2.45) is 0 Å². The minimum Gasteiger partial charge on any atom is -0.342 e. The molecule has 0 aliphatic carbocycles. The molecule has 1 aromatic carbocycles. The minimum atomic E-state index is 0.768. The topological polar surface area (TPSA) is 57.4 Å². The largest absolute Gasteiger partial charge is 0.342 e. The van der Waals surface area contributed by atoms with E-state index in [-0.39, 0.29) is 0 Å². The molecule has 3 rings (SSSR count). The van der Waals surface area contributed by atoms with Gasteiger partial charge in [0.25, 0.3) is 0 Å². The van der Waals surface area contributed by atoms with E-state index in [2.05, 4.69) is 32.1 Å². The summed E-state index contributed by atoms with van der Waals surface area (Å²) in [7, 11) is 0. The van der Waals surface area contributed by atoms with Crippen LogP contribution in [-0.4, -0.2) is 19.9 Å². The SMILES string of the molecule is c1ccc(Cc2cnc(-c3ncc[nH]3)[nH]2)cc1. The standard InChI is InChI=1S/C13H12N4/c1-2-4-10(5-3-1)8-11-9-16-13(17-11)12-14-6-7-15-12/h1-7,9H,8H2,(H,14,15)(H,16,17). The van der Waals surface area contributed by atoms with Crippen molar-refractivity contribution in [3.05, 3.63) is 60.2 Å². The lowest BCUT2D eigenvalue weighted by Crippen LogP contribution is -1.88. The third-order valence-corrected chi connectivity index (χ3v) is 2.59. The fourth-order valence-electron chi connectivity index (χ4n) is 1.78. The molecule has 3 aromatic rings. The van der Waals surface area contributed by atoms with Crippen molar-refractivity contribution in [3.63, 3.8) is 0 Å². The fourth-order valence-corrected chi connectivity index (χ4v) is 1.78. The Hall–Kier alpha value is -2.36. The van der Waals surface area contributed by atoms with Gasteiger partial charge < -0.3 is 9.97 Å². The Balaban J connectivity index is 1.82. The van der Waals surface area contributed by atoms with Gasteiger partial charge in [-0.05, 0) is 5.56 Å². The highest BCUT2D eigenvalue weighted by atomic mass is 15.0. The van der Waals surface area contributed by atoms with Gasteiger partial charge in [-0.2, -0.15) is 0 Å². The summed E-state index contributed by atoms with van der Waals surface area (Å²) in [6.45, 7) is 0. The number of hydrogen-bond donors (Lipinski definition) is 2. The third-order valence-electron chi connectivity index (χ3n) is 2.59. The number of nitrogens with one attached hydrogen (secondary N) is 2. The summed E-state index contributed by atoms with van der Waals surface area (Å²) >= 11 is 0. The van der Waals surface area contributed by atoms with Crippen LogP contribution in [0.2, 0.25) is 0 Å². The first-order valence-corrected chi connectivity index (χ1v) is 5.49. The maximum atomic E-state index is 4.31. The molecule has 17 heavy (non-hydrogen) atoms. The Kier molecular flexibility index (Phi) is 2.46. The van der Waals surface area contributed by atoms with Gasteiger partial charge in [0.15, 0.2) is 11.6 Å². The molecule has 0 fully saturated rings. The molecule has 0 bridgehead atoms. The second-order valence-corrected chi connectivity index (χ2v) is 3.86. The number of nitrogens with zero attached hydrogens (tertiary/aromatic N) is 2. The minimum absolute atomic E-state index is 0.768. The summed E-state index contributed by atoms with van der Waals surface area (Å²) in [5.74, 6) is 1.55. The summed E-state index contributed by atoms with van der Waals surface area (Å²) in [4.78, 5) is 14.7. The van der Waals surface area contributed by atoms with E-state index in [1.54, 1.807) is 12.4 Å². The molecule has 0 aliphatic heterocycles. The van der Waals surface area contributed by atoms with E-state index in [4.69, 9.17) is 0 Å². The predicted octanol–water partition coefficient (Wildman–Crippen LogP) is 2.39. The summed E-state index contributed by atoms with van der Waals surface area (Å²) in [6.07, 6.45) is 6.21. The first kappa shape index (κ1) is 9.84. The van der Waals surface area contributed by atoms with Gasteiger partial charge in [0.2, 0.25) is 0 Å². The van der Waals surface area contributed by atoms with Gasteiger partial charge in [-0.1, -0.05) is 30.3 Å². The molecule has 2 N–H and O–H groups in total. The van der Waals surface area contributed by atoms with Crippen LogP contribution in [0.5, 0.6) is 0 Å². The molecule has 0 atom stereocenters. The van der Waals surface area contributed by atoms with E-state index in [0.29, 0.717) is 0 Å². The second-order valence-electron chi connectivity index (χ2n) is 3.86. The fraction of sp³-hybridized carbons (Fsp3) is 0.0769. The molecule has 0 saturated heterocycles. The number of aromatic amines is 2. The lowest BCUT2D eigenvalue weighted by Gasteiger charge is -1.97. The molecule has 0 aliphatic rings. The first-order chi connectivity index (χ1) is 8.42. The predicted molar refractivity (Wildman–Crippen MR) is 65.4 cm³/mol. The quantitative estimate of drug-likeness (QED) is 0.717. The normalized spacial score (nSPS) is 10.6. The van der Waals surface area contributed by atoms with Crippen LogP contribution in [0.25, 0.3) is 11.6 Å². The molecular weight excluding hydrogens is 212 g/mol. The third kappa shape index (κ3) is 2.10. The average Bonchev–Trinajstić information content (AvgIpc) is 3.00. The van der Waals surface area contributed by atoms with Gasteiger partial charge in [0.1, 0.15) is 0 Å². The highest BCUT2D eigenvalue weighted by Crippen LogP contribution is 2.12. The average molecular weight is 224 g/mol. The van der Waals surface area contributed by atoms with E-state index >= 15 is 0 Å². The number of imidazole rings is 2. The molecule has 4 heteroatoms. The Labute approximate surface area is 98.8 Å². The first-order valence-electron chi connectivity index (χ1n) is 5.49. The molecule has 0 amide bonds. The number of rotatable bonds is 3. The van der Waals surface area contributed by atoms with Gasteiger partial charge in [0, 0.05) is 30.7 Å². The molecule has 2 heterocycles. The van der Waals surface area contributed by atoms with Crippen molar-refractivity contribution < 1.29 is 0 Å². The molecule has 0 unspecified atom stereocenters. The summed E-state index contributed by atoms with van der Waals surface area (Å²) < 4.78 is 0. The molecule has 4 nitrogen and oxygen atoms in total. The van der Waals surface area contributed by atoms with E-state index in [9.17, 15) is 0 Å². The summed E-state index contributed by atoms with van der Waals surface area (Å²) in [6, 6.07) is 10.3. The molecule has 0 spiro atoms. The Morgan fingerprint density at radius 2 is 1.88 bits per heavy atom. The lowest BCUT2D eigenvalue weighted by atomic mass is 10.1. The van der Waals surface area contributed by atoms with Gasteiger partial charge in [-0.15, -0.1) is 0 Å². The van der Waals surface area contributed by atoms with Gasteiger partial charge >= 0.3 is 0 Å². The Morgan fingerprint density at radius 1 is 1.00 bits per heavy atom. The molecule has 0 saturated carbocycles. The van der Waals surface area contributed by atoms with Gasteiger partial charge in [-0.25, -0.2) is 9.97 Å². The van der Waals surface area contributed by atoms with Gasteiger partial charge in [0.05, 0.1) is 0 Å². The van der Waals surface area contributed by atoms with E-state index < -0.39 is 0 Å². The Morgan fingerprint density at radius 3 is 2.65 bits per heavy atom. The molecule has 0 radical (unpaired) electrons. The lowest BCUT2D eigenvalue weighted by molar-refractivity contribution is 1.10. The van der Waals surface area contributed by atoms with Gasteiger partial charge in [-0.3, -0.25) is 0 Å². The molecule has 84 valence electrons. The maximum Gasteiger partial charge on any atom is 0.173 e. The van der Waals surface area contributed by atoms with Crippen molar-refractivity contribution in [3.8, 4) is 11.6 Å². The Bertz CT molecular complexity index is 581. The summed E-state index contributed by atoms with van der Waals surface area (Å²) in [5.41, 5.74) is 2.35. The van der Waals surface area contributed by atoms with Crippen LogP contribution in [0.1, 0.15) is 11.3 Å². The van der Waals surface area contributed by atoms with Crippen molar-refractivity contribution in [2.45, 2.75) is 6.42 Å². The van der Waals surface area contributed by atoms with Crippen molar-refractivity contribution >= 4 is 0 Å². The van der Waals surface area contributed by atoms with Crippen molar-refractivity contribution in [1.82, 2.24) is 19.9 Å². The van der Waals surface area contributed by atoms with Crippen LogP contribution in [0.3, 0.4) is 0 Å². The number of H-pyrrole nitrogens is 2. The van der Waals surface area contributed by atoms with Crippen molar-refractivity contribution in [2.75, 3.05) is 0 Å². The highest BCUT2D eigenvalue weighted by molar-refractivity contribution is 5.43. The number of hydrogen-bond acceptors (Lipinski definition) is 2. The number of benzene rings is 1. The van der Waals surface area contributed by atoms with Crippen LogP contribution in [0.4, 0.5) is 0 Å². The van der Waals surface area contributed by atoms with E-state index in [1.165, 1.54) is 5.56 Å². The van der Waals surface area contributed by atoms with Crippen molar-refractivity contribution in [1.29, 1.82) is 0 Å². The monoisotopic (exact) mass is 224 g/mol. The highest BCUT2D eigenvalue weighted by Gasteiger charge is 2.05. The molecule has 2 aromatic heterocycles. The van der Waals surface area contributed by atoms with Crippen LogP contribution < -0.4 is 0 Å². The van der Waals surface area contributed by atoms with Crippen LogP contribution in [0, 0.1) is 0 Å². The van der Waals surface area contributed by atoms with E-state index in [1.807, 2.05) is 24.4 Å². The molecular formula is C13H12N4. The zero-order valence-electron chi connectivity index (χ0n) is 9.22. The summed E-state index contributed by atoms with van der Waals surface area (Å²) in [5, 5.41) is 0. The van der Waals surface area contributed by atoms with Crippen LogP contribution >= 0.6 is 0 Å². The smallest absolute Gasteiger partial charge is 0.173 e. The zero-order valence-corrected chi connectivity index (χ0v) is 9.22. The van der Waals surface area contributed by atoms with Crippen LogP contribution in [-0.2, 0) is 6.42 Å².